The first kappa shape index (κ1) is 19.7. The maximum Gasteiger partial charge on any atom is 0.242 e. The van der Waals surface area contributed by atoms with Crippen molar-refractivity contribution in [3.05, 3.63) is 48.0 Å². The first-order valence-electron chi connectivity index (χ1n) is 7.82. The number of para-hydroxylation sites is 1. The molecule has 0 saturated carbocycles. The molecule has 0 saturated heterocycles. The number of sulfonamides is 1. The molecule has 7 nitrogen and oxygen atoms in total. The van der Waals surface area contributed by atoms with Crippen LogP contribution in [0.1, 0.15) is 5.56 Å². The van der Waals surface area contributed by atoms with E-state index in [1.807, 2.05) is 12.1 Å². The van der Waals surface area contributed by atoms with Crippen LogP contribution in [0.4, 0.5) is 5.69 Å². The molecule has 0 radical (unpaired) electrons. The topological polar surface area (TPSA) is 84.9 Å². The number of hydrogen-bond donors (Lipinski definition) is 1. The molecule has 0 aliphatic rings. The Morgan fingerprint density at radius 2 is 1.69 bits per heavy atom. The molecular formula is C18H22N2O5S. The number of benzene rings is 2. The molecule has 8 heteroatoms. The van der Waals surface area contributed by atoms with Gasteiger partial charge in [0, 0.05) is 19.7 Å². The molecule has 0 aromatic heterocycles. The van der Waals surface area contributed by atoms with Crippen LogP contribution in [-0.4, -0.2) is 46.9 Å². The third kappa shape index (κ3) is 4.33. The van der Waals surface area contributed by atoms with Crippen LogP contribution < -0.4 is 14.8 Å². The number of nitrogens with zero attached hydrogens (tertiary/aromatic N) is 1. The standard InChI is InChI=1S/C18H22N2O5S/c1-20(2)26(22,23)14-9-10-17(25-4)15(12-14)19-18(21)11-13-7-5-6-8-16(13)24-3/h5-10,12H,11H2,1-4H3,(H,19,21). The number of ether oxygens (including phenoxy) is 2. The SMILES string of the molecule is COc1ccccc1CC(=O)Nc1cc(S(=O)(=O)N(C)C)ccc1OC. The lowest BCUT2D eigenvalue weighted by atomic mass is 10.1. The fourth-order valence-electron chi connectivity index (χ4n) is 2.37. The third-order valence-corrected chi connectivity index (χ3v) is 5.58. The quantitative estimate of drug-likeness (QED) is 0.798. The summed E-state index contributed by atoms with van der Waals surface area (Å²) in [7, 11) is 2.25. The average molecular weight is 378 g/mol. The van der Waals surface area contributed by atoms with E-state index in [0.29, 0.717) is 11.5 Å². The van der Waals surface area contributed by atoms with E-state index in [1.165, 1.54) is 46.5 Å². The van der Waals surface area contributed by atoms with Crippen molar-refractivity contribution in [3.63, 3.8) is 0 Å². The number of nitrogens with one attached hydrogen (secondary N) is 1. The second-order valence-corrected chi connectivity index (χ2v) is 7.84. The third-order valence-electron chi connectivity index (χ3n) is 3.77. The maximum absolute atomic E-state index is 12.4. The summed E-state index contributed by atoms with van der Waals surface area (Å²) < 4.78 is 36.2. The molecule has 0 unspecified atom stereocenters. The largest absolute Gasteiger partial charge is 0.496 e. The Hall–Kier alpha value is -2.58. The predicted molar refractivity (Wildman–Crippen MR) is 99.2 cm³/mol. The molecule has 2 rings (SSSR count). The summed E-state index contributed by atoms with van der Waals surface area (Å²) in [6, 6.07) is 11.5. The summed E-state index contributed by atoms with van der Waals surface area (Å²) in [5.74, 6) is 0.668. The Bertz CT molecular complexity index is 894. The Kier molecular flexibility index (Phi) is 6.23. The minimum absolute atomic E-state index is 0.0656. The molecule has 26 heavy (non-hydrogen) atoms. The van der Waals surface area contributed by atoms with Crippen LogP contribution >= 0.6 is 0 Å². The molecule has 0 bridgehead atoms. The van der Waals surface area contributed by atoms with Crippen LogP contribution in [0.5, 0.6) is 11.5 Å². The number of amides is 1. The number of hydrogen-bond acceptors (Lipinski definition) is 5. The highest BCUT2D eigenvalue weighted by atomic mass is 32.2. The van der Waals surface area contributed by atoms with E-state index < -0.39 is 10.0 Å². The molecular weight excluding hydrogens is 356 g/mol. The molecule has 0 atom stereocenters. The van der Waals surface area contributed by atoms with Gasteiger partial charge in [-0.15, -0.1) is 0 Å². The van der Waals surface area contributed by atoms with E-state index in [0.717, 1.165) is 9.87 Å². The van der Waals surface area contributed by atoms with Gasteiger partial charge in [0.1, 0.15) is 11.5 Å². The van der Waals surface area contributed by atoms with E-state index in [1.54, 1.807) is 12.1 Å². The van der Waals surface area contributed by atoms with Gasteiger partial charge in [-0.05, 0) is 24.3 Å². The Balaban J connectivity index is 2.28. The average Bonchev–Trinajstić information content (AvgIpc) is 2.61. The number of carbonyl (C=O) groups excluding carboxylic acids is 1. The second kappa shape index (κ2) is 8.20. The van der Waals surface area contributed by atoms with Crippen LogP contribution in [0.3, 0.4) is 0 Å². The van der Waals surface area contributed by atoms with E-state index in [4.69, 9.17) is 9.47 Å². The molecule has 2 aromatic rings. The molecule has 1 N–H and O–H groups in total. The van der Waals surface area contributed by atoms with Gasteiger partial charge in [-0.1, -0.05) is 18.2 Å². The number of carbonyl (C=O) groups is 1. The van der Waals surface area contributed by atoms with Gasteiger partial charge in [0.05, 0.1) is 31.2 Å². The van der Waals surface area contributed by atoms with E-state index in [-0.39, 0.29) is 22.9 Å². The number of methoxy groups -OCH3 is 2. The van der Waals surface area contributed by atoms with Crippen molar-refractivity contribution in [3.8, 4) is 11.5 Å². The molecule has 0 aliphatic heterocycles. The molecule has 0 aliphatic carbocycles. The van der Waals surface area contributed by atoms with E-state index >= 15 is 0 Å². The van der Waals surface area contributed by atoms with Crippen LogP contribution in [0, 0.1) is 0 Å². The van der Waals surface area contributed by atoms with Crippen LogP contribution in [-0.2, 0) is 21.2 Å². The number of anilines is 1. The normalized spacial score (nSPS) is 11.3. The van der Waals surface area contributed by atoms with Gasteiger partial charge in [-0.2, -0.15) is 0 Å². The zero-order valence-electron chi connectivity index (χ0n) is 15.1. The van der Waals surface area contributed by atoms with Crippen molar-refractivity contribution in [1.29, 1.82) is 0 Å². The van der Waals surface area contributed by atoms with Crippen LogP contribution in [0.15, 0.2) is 47.4 Å². The molecule has 0 heterocycles. The van der Waals surface area contributed by atoms with Gasteiger partial charge < -0.3 is 14.8 Å². The minimum atomic E-state index is -3.62. The highest BCUT2D eigenvalue weighted by Crippen LogP contribution is 2.29. The van der Waals surface area contributed by atoms with Gasteiger partial charge in [0.25, 0.3) is 0 Å². The molecule has 1 amide bonds. The smallest absolute Gasteiger partial charge is 0.242 e. The van der Waals surface area contributed by atoms with E-state index in [9.17, 15) is 13.2 Å². The zero-order chi connectivity index (χ0) is 19.3. The Morgan fingerprint density at radius 3 is 2.31 bits per heavy atom. The summed E-state index contributed by atoms with van der Waals surface area (Å²) in [4.78, 5) is 12.5. The van der Waals surface area contributed by atoms with Gasteiger partial charge in [-0.25, -0.2) is 12.7 Å². The van der Waals surface area contributed by atoms with Crippen molar-refractivity contribution < 1.29 is 22.7 Å². The van der Waals surface area contributed by atoms with Crippen LogP contribution in [0.25, 0.3) is 0 Å². The second-order valence-electron chi connectivity index (χ2n) is 5.69. The Labute approximate surface area is 153 Å². The predicted octanol–water partition coefficient (Wildman–Crippen LogP) is 2.14. The zero-order valence-corrected chi connectivity index (χ0v) is 16.0. The summed E-state index contributed by atoms with van der Waals surface area (Å²) in [6.45, 7) is 0. The molecule has 0 spiro atoms. The van der Waals surface area contributed by atoms with Crippen LogP contribution in [0.2, 0.25) is 0 Å². The van der Waals surface area contributed by atoms with Gasteiger partial charge >= 0.3 is 0 Å². The van der Waals surface area contributed by atoms with E-state index in [2.05, 4.69) is 5.32 Å². The van der Waals surface area contributed by atoms with Crippen molar-refractivity contribution in [1.82, 2.24) is 4.31 Å². The minimum Gasteiger partial charge on any atom is -0.496 e. The van der Waals surface area contributed by atoms with Crippen molar-refractivity contribution in [2.75, 3.05) is 33.6 Å². The molecule has 2 aromatic carbocycles. The molecule has 0 fully saturated rings. The summed E-state index contributed by atoms with van der Waals surface area (Å²) in [6.07, 6.45) is 0.0812. The summed E-state index contributed by atoms with van der Waals surface area (Å²) >= 11 is 0. The fourth-order valence-corrected chi connectivity index (χ4v) is 3.30. The highest BCUT2D eigenvalue weighted by molar-refractivity contribution is 7.89. The monoisotopic (exact) mass is 378 g/mol. The Morgan fingerprint density at radius 1 is 1.04 bits per heavy atom. The summed E-state index contributed by atoms with van der Waals surface area (Å²) in [5, 5.41) is 2.71. The lowest BCUT2D eigenvalue weighted by Crippen LogP contribution is -2.22. The fraction of sp³-hybridized carbons (Fsp3) is 0.278. The van der Waals surface area contributed by atoms with Gasteiger partial charge in [0.2, 0.25) is 15.9 Å². The van der Waals surface area contributed by atoms with Crippen molar-refractivity contribution in [2.24, 2.45) is 0 Å². The van der Waals surface area contributed by atoms with Crippen molar-refractivity contribution in [2.45, 2.75) is 11.3 Å². The maximum atomic E-state index is 12.4. The lowest BCUT2D eigenvalue weighted by Gasteiger charge is -2.15. The van der Waals surface area contributed by atoms with Crippen molar-refractivity contribution >= 4 is 21.6 Å². The first-order chi connectivity index (χ1) is 12.3. The molecule has 140 valence electrons. The lowest BCUT2D eigenvalue weighted by molar-refractivity contribution is -0.115. The summed E-state index contributed by atoms with van der Waals surface area (Å²) in [5.41, 5.74) is 1.01. The van der Waals surface area contributed by atoms with Gasteiger partial charge in [-0.3, -0.25) is 4.79 Å². The number of rotatable bonds is 7. The first-order valence-corrected chi connectivity index (χ1v) is 9.26. The van der Waals surface area contributed by atoms with Gasteiger partial charge in [0.15, 0.2) is 0 Å². The highest BCUT2D eigenvalue weighted by Gasteiger charge is 2.20.